The molecule has 274 valence electrons. The number of carbonyl (C=O) groups excluding carboxylic acids is 6. The number of aliphatic carboxylic acids is 2. The summed E-state index contributed by atoms with van der Waals surface area (Å²) in [5.41, 5.74) is 12.0. The van der Waals surface area contributed by atoms with Crippen LogP contribution in [0.25, 0.3) is 0 Å². The summed E-state index contributed by atoms with van der Waals surface area (Å²) in [4.78, 5) is 112. The molecule has 21 heteroatoms. The molecule has 0 unspecified atom stereocenters. The molecule has 0 bridgehead atoms. The van der Waals surface area contributed by atoms with E-state index in [4.69, 9.17) is 11.5 Å². The number of amides is 6. The highest BCUT2D eigenvalue weighted by molar-refractivity contribution is 5.96. The Hall–Kier alpha value is -5.86. The zero-order valence-corrected chi connectivity index (χ0v) is 27.4. The van der Waals surface area contributed by atoms with Crippen molar-refractivity contribution >= 4 is 47.4 Å². The van der Waals surface area contributed by atoms with Crippen LogP contribution in [0.2, 0.25) is 0 Å². The van der Waals surface area contributed by atoms with Gasteiger partial charge in [-0.15, -0.1) is 0 Å². The van der Waals surface area contributed by atoms with E-state index in [1.807, 2.05) is 0 Å². The Bertz CT molecular complexity index is 1480. The van der Waals surface area contributed by atoms with Crippen molar-refractivity contribution < 1.29 is 48.6 Å². The lowest BCUT2D eigenvalue weighted by molar-refractivity contribution is -0.143. The first-order valence-electron chi connectivity index (χ1n) is 15.5. The Morgan fingerprint density at radius 3 is 1.84 bits per heavy atom. The number of imidazole rings is 2. The second-order valence-corrected chi connectivity index (χ2v) is 11.8. The quantitative estimate of drug-likeness (QED) is 0.0560. The molecule has 0 spiro atoms. The first kappa shape index (κ1) is 40.3. The lowest BCUT2D eigenvalue weighted by Crippen LogP contribution is -2.57. The standard InChI is InChI=1S/C29H43N11O10/c1-14(2)5-19(39-27(47)18(3-4-24(43)44)38-25(45)17(30)6-15-9-32-12-35-15)26(46)34-11-23(42)37-20(7-16-10-33-13-36-16)28(48)40-21(29(49)50)8-22(31)41/h9-10,12-14,17-21H,3-8,11,30H2,1-2H3,(H2,31,41)(H,32,35)(H,33,36)(H,34,46)(H,37,42)(H,38,45)(H,39,47)(H,40,48)(H,43,44)(H,49,50)/t17-,18-,19-,20-,21-/m0/s1. The number of aromatic amines is 2. The van der Waals surface area contributed by atoms with E-state index in [1.54, 1.807) is 13.8 Å². The summed E-state index contributed by atoms with van der Waals surface area (Å²) in [6.07, 6.45) is 4.00. The van der Waals surface area contributed by atoms with Gasteiger partial charge in [0, 0.05) is 43.0 Å². The van der Waals surface area contributed by atoms with Gasteiger partial charge in [-0.1, -0.05) is 13.8 Å². The maximum Gasteiger partial charge on any atom is 0.326 e. The van der Waals surface area contributed by atoms with Crippen molar-refractivity contribution in [2.24, 2.45) is 17.4 Å². The van der Waals surface area contributed by atoms with E-state index >= 15 is 0 Å². The van der Waals surface area contributed by atoms with Crippen molar-refractivity contribution in [3.8, 4) is 0 Å². The number of H-pyrrole nitrogens is 2. The Labute approximate surface area is 285 Å². The summed E-state index contributed by atoms with van der Waals surface area (Å²) in [6, 6.07) is -6.76. The molecule has 2 aromatic heterocycles. The minimum absolute atomic E-state index is 0.0530. The molecule has 2 rings (SSSR count). The first-order chi connectivity index (χ1) is 23.5. The molecule has 21 nitrogen and oxygen atoms in total. The Morgan fingerprint density at radius 2 is 1.32 bits per heavy atom. The van der Waals surface area contributed by atoms with Gasteiger partial charge in [-0.3, -0.25) is 33.6 Å². The minimum Gasteiger partial charge on any atom is -0.481 e. The smallest absolute Gasteiger partial charge is 0.326 e. The van der Waals surface area contributed by atoms with Crippen LogP contribution in [-0.2, 0) is 51.2 Å². The molecule has 2 heterocycles. The number of carboxylic acids is 2. The van der Waals surface area contributed by atoms with E-state index in [0.717, 1.165) is 0 Å². The van der Waals surface area contributed by atoms with Crippen LogP contribution >= 0.6 is 0 Å². The average Bonchev–Trinajstić information content (AvgIpc) is 3.74. The van der Waals surface area contributed by atoms with E-state index in [9.17, 15) is 48.6 Å². The van der Waals surface area contributed by atoms with E-state index in [1.165, 1.54) is 25.0 Å². The van der Waals surface area contributed by atoms with Gasteiger partial charge in [0.2, 0.25) is 35.4 Å². The number of carbonyl (C=O) groups is 8. The fraction of sp³-hybridized carbons (Fsp3) is 0.517. The van der Waals surface area contributed by atoms with Crippen LogP contribution in [0.15, 0.2) is 25.0 Å². The number of carboxylic acid groups (broad SMARTS) is 2. The third kappa shape index (κ3) is 14.5. The Morgan fingerprint density at radius 1 is 0.760 bits per heavy atom. The predicted octanol–water partition coefficient (Wildman–Crippen LogP) is -3.83. The van der Waals surface area contributed by atoms with Crippen LogP contribution < -0.4 is 38.1 Å². The van der Waals surface area contributed by atoms with E-state index < -0.39 is 97.0 Å². The summed E-state index contributed by atoms with van der Waals surface area (Å²) < 4.78 is 0. The molecule has 50 heavy (non-hydrogen) atoms. The molecule has 0 saturated heterocycles. The second-order valence-electron chi connectivity index (χ2n) is 11.8. The fourth-order valence-electron chi connectivity index (χ4n) is 4.55. The summed E-state index contributed by atoms with van der Waals surface area (Å²) in [6.45, 7) is 2.85. The molecule has 0 saturated carbocycles. The number of primary amides is 1. The molecule has 0 fully saturated rings. The molecule has 0 aliphatic rings. The number of nitrogens with one attached hydrogen (secondary N) is 7. The first-order valence-corrected chi connectivity index (χ1v) is 15.5. The van der Waals surface area contributed by atoms with Crippen LogP contribution in [0.3, 0.4) is 0 Å². The molecule has 6 amide bonds. The highest BCUT2D eigenvalue weighted by Crippen LogP contribution is 2.08. The lowest BCUT2D eigenvalue weighted by atomic mass is 10.0. The predicted molar refractivity (Wildman–Crippen MR) is 171 cm³/mol. The lowest BCUT2D eigenvalue weighted by Gasteiger charge is -2.25. The normalized spacial score (nSPS) is 13.9. The van der Waals surface area contributed by atoms with Crippen LogP contribution in [0.4, 0.5) is 0 Å². The molecule has 2 aromatic rings. The molecule has 0 aliphatic carbocycles. The van der Waals surface area contributed by atoms with Gasteiger partial charge in [0.25, 0.3) is 0 Å². The van der Waals surface area contributed by atoms with Crippen molar-refractivity contribution in [1.82, 2.24) is 46.5 Å². The van der Waals surface area contributed by atoms with E-state index in [-0.39, 0.29) is 31.6 Å². The number of rotatable bonds is 22. The fourth-order valence-corrected chi connectivity index (χ4v) is 4.55. The summed E-state index contributed by atoms with van der Waals surface area (Å²) in [5.74, 6) is -8.14. The topological polar surface area (TPSA) is 347 Å². The summed E-state index contributed by atoms with van der Waals surface area (Å²) >= 11 is 0. The van der Waals surface area contributed by atoms with Crippen LogP contribution in [0.1, 0.15) is 50.9 Å². The van der Waals surface area contributed by atoms with Crippen molar-refractivity contribution in [3.63, 3.8) is 0 Å². The molecule has 0 aromatic carbocycles. The SMILES string of the molecule is CC(C)C[C@H](NC(=O)[C@H](CCC(=O)O)NC(=O)[C@@H](N)Cc1cnc[nH]1)C(=O)NCC(=O)N[C@@H](Cc1cnc[nH]1)C(=O)N[C@@H](CC(N)=O)C(=O)O. The van der Waals surface area contributed by atoms with Crippen molar-refractivity contribution in [1.29, 1.82) is 0 Å². The monoisotopic (exact) mass is 705 g/mol. The summed E-state index contributed by atoms with van der Waals surface area (Å²) in [7, 11) is 0. The van der Waals surface area contributed by atoms with Gasteiger partial charge in [0.1, 0.15) is 24.2 Å². The summed E-state index contributed by atoms with van der Waals surface area (Å²) in [5, 5.41) is 30.4. The second kappa shape index (κ2) is 19.8. The van der Waals surface area contributed by atoms with Crippen molar-refractivity contribution in [3.05, 3.63) is 36.4 Å². The van der Waals surface area contributed by atoms with Gasteiger partial charge in [-0.25, -0.2) is 14.8 Å². The molecule has 0 radical (unpaired) electrons. The highest BCUT2D eigenvalue weighted by atomic mass is 16.4. The van der Waals surface area contributed by atoms with Gasteiger partial charge in [-0.05, 0) is 18.8 Å². The van der Waals surface area contributed by atoms with Gasteiger partial charge in [-0.2, -0.15) is 0 Å². The maximum atomic E-state index is 13.3. The van der Waals surface area contributed by atoms with Gasteiger partial charge < -0.3 is 58.2 Å². The maximum absolute atomic E-state index is 13.3. The van der Waals surface area contributed by atoms with Crippen LogP contribution in [0, 0.1) is 5.92 Å². The number of hydrogen-bond acceptors (Lipinski definition) is 11. The van der Waals surface area contributed by atoms with Crippen molar-refractivity contribution in [2.45, 2.75) is 82.6 Å². The van der Waals surface area contributed by atoms with E-state index in [2.05, 4.69) is 46.5 Å². The minimum atomic E-state index is -1.67. The van der Waals surface area contributed by atoms with Gasteiger partial charge in [0.15, 0.2) is 0 Å². The average molecular weight is 706 g/mol. The zero-order valence-electron chi connectivity index (χ0n) is 27.4. The zero-order chi connectivity index (χ0) is 37.4. The van der Waals surface area contributed by atoms with Gasteiger partial charge >= 0.3 is 11.9 Å². The van der Waals surface area contributed by atoms with Gasteiger partial charge in [0.05, 0.1) is 31.7 Å². The van der Waals surface area contributed by atoms with Crippen LogP contribution in [0.5, 0.6) is 0 Å². The molecular formula is C29H43N11O10. The highest BCUT2D eigenvalue weighted by Gasteiger charge is 2.31. The van der Waals surface area contributed by atoms with Crippen LogP contribution in [-0.4, -0.2) is 114 Å². The molecule has 5 atom stereocenters. The molecular weight excluding hydrogens is 662 g/mol. The number of nitrogens with zero attached hydrogens (tertiary/aromatic N) is 2. The molecule has 0 aliphatic heterocycles. The number of hydrogen-bond donors (Lipinski definition) is 11. The number of nitrogens with two attached hydrogens (primary N) is 2. The van der Waals surface area contributed by atoms with Crippen molar-refractivity contribution in [2.75, 3.05) is 6.54 Å². The third-order valence-corrected chi connectivity index (χ3v) is 7.03. The largest absolute Gasteiger partial charge is 0.481 e. The third-order valence-electron chi connectivity index (χ3n) is 7.03. The molecule has 13 N–H and O–H groups in total. The Balaban J connectivity index is 2.10. The Kier molecular flexibility index (Phi) is 16.0. The van der Waals surface area contributed by atoms with E-state index in [0.29, 0.717) is 11.4 Å². The number of aromatic nitrogens is 4.